The molecule has 6 nitrogen and oxygen atoms in total. The Kier molecular flexibility index (Phi) is 5.92. The molecular weight excluding hydrogens is 303 g/mol. The van der Waals surface area contributed by atoms with Crippen LogP contribution in [0.1, 0.15) is 12.5 Å². The van der Waals surface area contributed by atoms with Crippen LogP contribution in [0.4, 0.5) is 9.18 Å². The van der Waals surface area contributed by atoms with Crippen LogP contribution < -0.4 is 0 Å². The van der Waals surface area contributed by atoms with Gasteiger partial charge in [0.25, 0.3) is 0 Å². The molecule has 0 aliphatic carbocycles. The van der Waals surface area contributed by atoms with Crippen LogP contribution in [0.15, 0.2) is 30.3 Å². The van der Waals surface area contributed by atoms with Gasteiger partial charge < -0.3 is 14.7 Å². The highest BCUT2D eigenvalue weighted by atomic mass is 19.1. The molecule has 1 aliphatic rings. The topological polar surface area (TPSA) is 70.1 Å². The van der Waals surface area contributed by atoms with Crippen molar-refractivity contribution in [2.75, 3.05) is 26.3 Å². The monoisotopic (exact) mass is 324 g/mol. The summed E-state index contributed by atoms with van der Waals surface area (Å²) in [5, 5.41) is 9.09. The number of ether oxygens (including phenoxy) is 1. The highest BCUT2D eigenvalue weighted by Gasteiger charge is 2.35. The molecule has 0 bridgehead atoms. The van der Waals surface area contributed by atoms with E-state index >= 15 is 0 Å². The Balaban J connectivity index is 1.88. The SMILES string of the molecule is C[C@@H]1CN(CC(=O)OCc2ccccc2)[C@@H](CF)CN1C(=O)O. The number of rotatable bonds is 5. The van der Waals surface area contributed by atoms with E-state index in [2.05, 4.69) is 0 Å². The third kappa shape index (κ3) is 4.66. The van der Waals surface area contributed by atoms with Gasteiger partial charge in [-0.2, -0.15) is 0 Å². The zero-order valence-electron chi connectivity index (χ0n) is 13.0. The summed E-state index contributed by atoms with van der Waals surface area (Å²) in [6, 6.07) is 8.38. The normalized spacial score (nSPS) is 21.9. The van der Waals surface area contributed by atoms with E-state index in [4.69, 9.17) is 9.84 Å². The number of alkyl halides is 1. The number of halogens is 1. The quantitative estimate of drug-likeness (QED) is 0.836. The van der Waals surface area contributed by atoms with E-state index in [0.29, 0.717) is 6.54 Å². The van der Waals surface area contributed by atoms with Gasteiger partial charge in [0, 0.05) is 19.1 Å². The van der Waals surface area contributed by atoms with E-state index in [1.165, 1.54) is 4.90 Å². The van der Waals surface area contributed by atoms with Gasteiger partial charge in [-0.1, -0.05) is 30.3 Å². The molecule has 0 radical (unpaired) electrons. The first-order valence-corrected chi connectivity index (χ1v) is 7.50. The van der Waals surface area contributed by atoms with Crippen LogP contribution in [0.3, 0.4) is 0 Å². The molecule has 0 unspecified atom stereocenters. The van der Waals surface area contributed by atoms with E-state index in [-0.39, 0.29) is 25.7 Å². The second-order valence-electron chi connectivity index (χ2n) is 5.67. The maximum absolute atomic E-state index is 13.2. The lowest BCUT2D eigenvalue weighted by molar-refractivity contribution is -0.148. The molecular formula is C16H21FN2O4. The Hall–Kier alpha value is -2.15. The molecule has 7 heteroatoms. The molecule has 2 atom stereocenters. The smallest absolute Gasteiger partial charge is 0.407 e. The van der Waals surface area contributed by atoms with Crippen LogP contribution >= 0.6 is 0 Å². The maximum atomic E-state index is 13.2. The van der Waals surface area contributed by atoms with Crippen LogP contribution in [-0.2, 0) is 16.1 Å². The van der Waals surface area contributed by atoms with Crippen molar-refractivity contribution in [3.05, 3.63) is 35.9 Å². The fourth-order valence-electron chi connectivity index (χ4n) is 2.67. The molecule has 0 aromatic heterocycles. The number of piperazine rings is 1. The third-order valence-electron chi connectivity index (χ3n) is 3.95. The summed E-state index contributed by atoms with van der Waals surface area (Å²) in [5.41, 5.74) is 0.881. The van der Waals surface area contributed by atoms with E-state index in [9.17, 15) is 14.0 Å². The predicted octanol–water partition coefficient (Wildman–Crippen LogP) is 1.75. The standard InChI is InChI=1S/C16H21FN2O4/c1-12-8-18(14(7-17)9-19(12)16(21)22)10-15(20)23-11-13-5-3-2-4-6-13/h2-6,12,14H,7-11H2,1H3,(H,21,22)/t12-,14+/m1/s1. The van der Waals surface area contributed by atoms with Gasteiger partial charge in [0.05, 0.1) is 12.6 Å². The van der Waals surface area contributed by atoms with Crippen LogP contribution in [0, 0.1) is 0 Å². The molecule has 1 aromatic rings. The Morgan fingerprint density at radius 2 is 2.00 bits per heavy atom. The molecule has 1 fully saturated rings. The summed E-state index contributed by atoms with van der Waals surface area (Å²) in [7, 11) is 0. The Morgan fingerprint density at radius 1 is 1.30 bits per heavy atom. The summed E-state index contributed by atoms with van der Waals surface area (Å²) >= 11 is 0. The number of carboxylic acid groups (broad SMARTS) is 1. The van der Waals surface area contributed by atoms with Gasteiger partial charge in [0.1, 0.15) is 13.3 Å². The van der Waals surface area contributed by atoms with Gasteiger partial charge in [0.15, 0.2) is 0 Å². The molecule has 1 N–H and O–H groups in total. The summed E-state index contributed by atoms with van der Waals surface area (Å²) in [6.45, 7) is 1.53. The first-order chi connectivity index (χ1) is 11.0. The van der Waals surface area contributed by atoms with Gasteiger partial charge in [-0.25, -0.2) is 9.18 Å². The molecule has 2 rings (SSSR count). The number of benzene rings is 1. The number of hydrogen-bond acceptors (Lipinski definition) is 4. The Labute approximate surface area is 134 Å². The molecule has 1 saturated heterocycles. The largest absolute Gasteiger partial charge is 0.465 e. The van der Waals surface area contributed by atoms with Crippen LogP contribution in [0.25, 0.3) is 0 Å². The van der Waals surface area contributed by atoms with E-state index in [1.54, 1.807) is 11.8 Å². The summed E-state index contributed by atoms with van der Waals surface area (Å²) in [6.07, 6.45) is -1.07. The number of esters is 1. The second kappa shape index (κ2) is 7.92. The van der Waals surface area contributed by atoms with E-state index < -0.39 is 24.8 Å². The second-order valence-corrected chi connectivity index (χ2v) is 5.67. The highest BCUT2D eigenvalue weighted by Crippen LogP contribution is 2.16. The van der Waals surface area contributed by atoms with Crippen molar-refractivity contribution in [2.24, 2.45) is 0 Å². The van der Waals surface area contributed by atoms with Gasteiger partial charge in [0.2, 0.25) is 0 Å². The van der Waals surface area contributed by atoms with Crippen molar-refractivity contribution in [3.63, 3.8) is 0 Å². The van der Waals surface area contributed by atoms with Crippen molar-refractivity contribution in [3.8, 4) is 0 Å². The molecule has 1 aliphatic heterocycles. The summed E-state index contributed by atoms with van der Waals surface area (Å²) < 4.78 is 18.4. The number of hydrogen-bond donors (Lipinski definition) is 1. The molecule has 1 amide bonds. The minimum atomic E-state index is -1.07. The van der Waals surface area contributed by atoms with Gasteiger partial charge >= 0.3 is 12.1 Å². The molecule has 0 saturated carbocycles. The van der Waals surface area contributed by atoms with Crippen LogP contribution in [-0.4, -0.2) is 65.4 Å². The average Bonchev–Trinajstić information content (AvgIpc) is 2.54. The van der Waals surface area contributed by atoms with Crippen molar-refractivity contribution in [1.29, 1.82) is 0 Å². The fraction of sp³-hybridized carbons (Fsp3) is 0.500. The van der Waals surface area contributed by atoms with Gasteiger partial charge in [-0.05, 0) is 12.5 Å². The third-order valence-corrected chi connectivity index (χ3v) is 3.95. The molecule has 126 valence electrons. The number of amides is 1. The summed E-state index contributed by atoms with van der Waals surface area (Å²) in [5.74, 6) is -0.441. The number of nitrogens with zero attached hydrogens (tertiary/aromatic N) is 2. The average molecular weight is 324 g/mol. The zero-order chi connectivity index (χ0) is 16.8. The van der Waals surface area contributed by atoms with Crippen molar-refractivity contribution in [2.45, 2.75) is 25.6 Å². The number of carbonyl (C=O) groups is 2. The van der Waals surface area contributed by atoms with Crippen molar-refractivity contribution < 1.29 is 23.8 Å². The van der Waals surface area contributed by atoms with E-state index in [0.717, 1.165) is 5.56 Å². The van der Waals surface area contributed by atoms with Gasteiger partial charge in [-0.15, -0.1) is 0 Å². The minimum absolute atomic E-state index is 0.0424. The van der Waals surface area contributed by atoms with Gasteiger partial charge in [-0.3, -0.25) is 9.69 Å². The van der Waals surface area contributed by atoms with Crippen LogP contribution in [0.2, 0.25) is 0 Å². The first-order valence-electron chi connectivity index (χ1n) is 7.50. The molecule has 1 aromatic carbocycles. The lowest BCUT2D eigenvalue weighted by atomic mass is 10.1. The zero-order valence-corrected chi connectivity index (χ0v) is 13.0. The number of carbonyl (C=O) groups excluding carboxylic acids is 1. The lowest BCUT2D eigenvalue weighted by Crippen LogP contribution is -2.60. The molecule has 0 spiro atoms. The molecule has 1 heterocycles. The summed E-state index contributed by atoms with van der Waals surface area (Å²) in [4.78, 5) is 25.9. The van der Waals surface area contributed by atoms with Crippen molar-refractivity contribution >= 4 is 12.1 Å². The highest BCUT2D eigenvalue weighted by molar-refractivity contribution is 5.72. The first kappa shape index (κ1) is 17.2. The Morgan fingerprint density at radius 3 is 2.61 bits per heavy atom. The predicted molar refractivity (Wildman–Crippen MR) is 81.8 cm³/mol. The fourth-order valence-corrected chi connectivity index (χ4v) is 2.67. The van der Waals surface area contributed by atoms with E-state index in [1.807, 2.05) is 30.3 Å². The van der Waals surface area contributed by atoms with Crippen molar-refractivity contribution in [1.82, 2.24) is 9.80 Å². The Bertz CT molecular complexity index is 540. The van der Waals surface area contributed by atoms with Crippen LogP contribution in [0.5, 0.6) is 0 Å². The minimum Gasteiger partial charge on any atom is -0.465 e. The molecule has 23 heavy (non-hydrogen) atoms. The lowest BCUT2D eigenvalue weighted by Gasteiger charge is -2.42. The maximum Gasteiger partial charge on any atom is 0.407 e.